The first kappa shape index (κ1) is 14.6. The SMILES string of the molecule is CNCc1nc(N(C)CC2CCCCO2)ccc1Cl. The van der Waals surface area contributed by atoms with E-state index in [1.807, 2.05) is 19.2 Å². The molecule has 0 aromatic carbocycles. The number of anilines is 1. The number of rotatable bonds is 5. The van der Waals surface area contributed by atoms with Crippen molar-refractivity contribution in [2.45, 2.75) is 31.9 Å². The van der Waals surface area contributed by atoms with Gasteiger partial charge in [-0.3, -0.25) is 0 Å². The fourth-order valence-electron chi connectivity index (χ4n) is 2.33. The highest BCUT2D eigenvalue weighted by atomic mass is 35.5. The minimum absolute atomic E-state index is 0.323. The van der Waals surface area contributed by atoms with Gasteiger partial charge in [0, 0.05) is 26.7 Å². The second kappa shape index (κ2) is 7.08. The topological polar surface area (TPSA) is 37.4 Å². The Kier molecular flexibility index (Phi) is 5.43. The Bertz CT molecular complexity index is 408. The van der Waals surface area contributed by atoms with Crippen LogP contribution in [0.1, 0.15) is 25.0 Å². The maximum Gasteiger partial charge on any atom is 0.128 e. The summed E-state index contributed by atoms with van der Waals surface area (Å²) < 4.78 is 5.76. The highest BCUT2D eigenvalue weighted by Crippen LogP contribution is 2.20. The van der Waals surface area contributed by atoms with Crippen LogP contribution in [0.5, 0.6) is 0 Å². The summed E-state index contributed by atoms with van der Waals surface area (Å²) in [4.78, 5) is 6.75. The second-order valence-electron chi connectivity index (χ2n) is 5.00. The third kappa shape index (κ3) is 4.06. The van der Waals surface area contributed by atoms with Gasteiger partial charge in [0.2, 0.25) is 0 Å². The number of likely N-dealkylation sites (N-methyl/N-ethyl adjacent to an activating group) is 1. The number of hydrogen-bond donors (Lipinski definition) is 1. The number of nitrogens with one attached hydrogen (secondary N) is 1. The van der Waals surface area contributed by atoms with Crippen molar-refractivity contribution in [3.8, 4) is 0 Å². The lowest BCUT2D eigenvalue weighted by Gasteiger charge is -2.28. The van der Waals surface area contributed by atoms with Gasteiger partial charge in [-0.15, -0.1) is 0 Å². The van der Waals surface area contributed by atoms with E-state index in [9.17, 15) is 0 Å². The van der Waals surface area contributed by atoms with Crippen molar-refractivity contribution in [3.63, 3.8) is 0 Å². The lowest BCUT2D eigenvalue weighted by atomic mass is 10.1. The minimum atomic E-state index is 0.323. The van der Waals surface area contributed by atoms with Crippen molar-refractivity contribution in [2.24, 2.45) is 0 Å². The molecule has 19 heavy (non-hydrogen) atoms. The van der Waals surface area contributed by atoms with Gasteiger partial charge in [0.25, 0.3) is 0 Å². The fraction of sp³-hybridized carbons (Fsp3) is 0.643. The molecule has 2 heterocycles. The van der Waals surface area contributed by atoms with Crippen LogP contribution in [0.15, 0.2) is 12.1 Å². The van der Waals surface area contributed by atoms with Gasteiger partial charge in [-0.1, -0.05) is 11.6 Å². The summed E-state index contributed by atoms with van der Waals surface area (Å²) in [5.74, 6) is 0.948. The Morgan fingerprint density at radius 3 is 3.00 bits per heavy atom. The number of halogens is 1. The van der Waals surface area contributed by atoms with E-state index in [4.69, 9.17) is 16.3 Å². The van der Waals surface area contributed by atoms with Gasteiger partial charge >= 0.3 is 0 Å². The van der Waals surface area contributed by atoms with Gasteiger partial charge in [0.1, 0.15) is 5.82 Å². The molecule has 1 unspecified atom stereocenters. The number of aromatic nitrogens is 1. The summed E-state index contributed by atoms with van der Waals surface area (Å²) in [5.41, 5.74) is 0.887. The molecule has 1 aromatic heterocycles. The molecule has 1 saturated heterocycles. The molecule has 0 spiro atoms. The molecule has 1 aliphatic heterocycles. The predicted molar refractivity (Wildman–Crippen MR) is 78.9 cm³/mol. The summed E-state index contributed by atoms with van der Waals surface area (Å²) in [6.07, 6.45) is 3.91. The molecule has 0 bridgehead atoms. The normalized spacial score (nSPS) is 19.4. The summed E-state index contributed by atoms with van der Waals surface area (Å²) in [7, 11) is 3.95. The van der Waals surface area contributed by atoms with Crippen LogP contribution >= 0.6 is 11.6 Å². The van der Waals surface area contributed by atoms with Gasteiger partial charge in [-0.05, 0) is 38.4 Å². The van der Waals surface area contributed by atoms with E-state index in [2.05, 4.69) is 22.2 Å². The van der Waals surface area contributed by atoms with Crippen LogP contribution in [0, 0.1) is 0 Å². The first-order valence-corrected chi connectivity index (χ1v) is 7.21. The molecule has 0 radical (unpaired) electrons. The van der Waals surface area contributed by atoms with Crippen molar-refractivity contribution in [1.82, 2.24) is 10.3 Å². The van der Waals surface area contributed by atoms with Gasteiger partial charge < -0.3 is 15.0 Å². The lowest BCUT2D eigenvalue weighted by molar-refractivity contribution is 0.0215. The molecular formula is C14H22ClN3O. The zero-order valence-electron chi connectivity index (χ0n) is 11.7. The first-order chi connectivity index (χ1) is 9.20. The predicted octanol–water partition coefficient (Wildman–Crippen LogP) is 2.46. The van der Waals surface area contributed by atoms with Crippen LogP contribution in [-0.2, 0) is 11.3 Å². The maximum absolute atomic E-state index is 6.13. The van der Waals surface area contributed by atoms with Crippen LogP contribution in [0.25, 0.3) is 0 Å². The Hall–Kier alpha value is -0.840. The van der Waals surface area contributed by atoms with E-state index in [-0.39, 0.29) is 0 Å². The molecule has 1 aliphatic rings. The average molecular weight is 284 g/mol. The van der Waals surface area contributed by atoms with Crippen molar-refractivity contribution >= 4 is 17.4 Å². The smallest absolute Gasteiger partial charge is 0.128 e. The molecule has 0 saturated carbocycles. The Balaban J connectivity index is 2.01. The molecule has 4 nitrogen and oxygen atoms in total. The zero-order chi connectivity index (χ0) is 13.7. The molecule has 5 heteroatoms. The fourth-order valence-corrected chi connectivity index (χ4v) is 2.50. The van der Waals surface area contributed by atoms with Gasteiger partial charge in [0.15, 0.2) is 0 Å². The number of ether oxygens (including phenoxy) is 1. The van der Waals surface area contributed by atoms with E-state index in [0.717, 1.165) is 31.1 Å². The minimum Gasteiger partial charge on any atom is -0.376 e. The van der Waals surface area contributed by atoms with Crippen LogP contribution in [0.3, 0.4) is 0 Å². The molecule has 2 rings (SSSR count). The molecule has 0 aliphatic carbocycles. The van der Waals surface area contributed by atoms with E-state index < -0.39 is 0 Å². The molecule has 1 aromatic rings. The molecule has 1 N–H and O–H groups in total. The summed E-state index contributed by atoms with van der Waals surface area (Å²) in [5, 5.41) is 3.79. The quantitative estimate of drug-likeness (QED) is 0.901. The molecule has 0 amide bonds. The summed E-state index contributed by atoms with van der Waals surface area (Å²) in [6, 6.07) is 3.87. The van der Waals surface area contributed by atoms with E-state index in [1.54, 1.807) is 0 Å². The van der Waals surface area contributed by atoms with Crippen molar-refractivity contribution in [2.75, 3.05) is 32.1 Å². The molecule has 1 atom stereocenters. The largest absolute Gasteiger partial charge is 0.376 e. The second-order valence-corrected chi connectivity index (χ2v) is 5.40. The molecule has 1 fully saturated rings. The van der Waals surface area contributed by atoms with Gasteiger partial charge in [-0.2, -0.15) is 0 Å². The Morgan fingerprint density at radius 1 is 1.47 bits per heavy atom. The standard InChI is InChI=1S/C14H22ClN3O/c1-16-9-13-12(15)6-7-14(17-13)18(2)10-11-5-3-4-8-19-11/h6-7,11,16H,3-5,8-10H2,1-2H3. The van der Waals surface area contributed by atoms with Crippen molar-refractivity contribution < 1.29 is 4.74 Å². The van der Waals surface area contributed by atoms with Crippen molar-refractivity contribution in [3.05, 3.63) is 22.8 Å². The average Bonchev–Trinajstić information content (AvgIpc) is 2.42. The summed E-state index contributed by atoms with van der Waals surface area (Å²) in [6.45, 7) is 2.45. The van der Waals surface area contributed by atoms with Gasteiger partial charge in [-0.25, -0.2) is 4.98 Å². The molecule has 106 valence electrons. The van der Waals surface area contributed by atoms with Crippen LogP contribution in [0.4, 0.5) is 5.82 Å². The third-order valence-electron chi connectivity index (χ3n) is 3.39. The third-order valence-corrected chi connectivity index (χ3v) is 3.73. The number of hydrogen-bond acceptors (Lipinski definition) is 4. The highest BCUT2D eigenvalue weighted by molar-refractivity contribution is 6.31. The first-order valence-electron chi connectivity index (χ1n) is 6.83. The van der Waals surface area contributed by atoms with E-state index in [0.29, 0.717) is 17.7 Å². The van der Waals surface area contributed by atoms with Gasteiger partial charge in [0.05, 0.1) is 16.8 Å². The number of nitrogens with zero attached hydrogens (tertiary/aromatic N) is 2. The zero-order valence-corrected chi connectivity index (χ0v) is 12.4. The van der Waals surface area contributed by atoms with Crippen LogP contribution < -0.4 is 10.2 Å². The number of pyridine rings is 1. The van der Waals surface area contributed by atoms with Crippen molar-refractivity contribution in [1.29, 1.82) is 0 Å². The van der Waals surface area contributed by atoms with Crippen LogP contribution in [0.2, 0.25) is 5.02 Å². The van der Waals surface area contributed by atoms with E-state index in [1.165, 1.54) is 12.8 Å². The Labute approximate surface area is 120 Å². The lowest BCUT2D eigenvalue weighted by Crippen LogP contribution is -2.33. The summed E-state index contributed by atoms with van der Waals surface area (Å²) >= 11 is 6.13. The van der Waals surface area contributed by atoms with Crippen LogP contribution in [-0.4, -0.2) is 38.3 Å². The highest BCUT2D eigenvalue weighted by Gasteiger charge is 2.17. The molecular weight excluding hydrogens is 262 g/mol. The maximum atomic E-state index is 6.13. The monoisotopic (exact) mass is 283 g/mol. The van der Waals surface area contributed by atoms with E-state index >= 15 is 0 Å². The Morgan fingerprint density at radius 2 is 2.32 bits per heavy atom.